The molecule has 1 aliphatic rings. The number of aromatic nitrogens is 1. The van der Waals surface area contributed by atoms with Crippen molar-refractivity contribution in [2.45, 2.75) is 32.6 Å². The third kappa shape index (κ3) is 2.34. The van der Waals surface area contributed by atoms with Crippen LogP contribution < -0.4 is 0 Å². The van der Waals surface area contributed by atoms with Gasteiger partial charge in [0, 0.05) is 18.8 Å². The maximum Gasteiger partial charge on any atom is 0.314 e. The summed E-state index contributed by atoms with van der Waals surface area (Å²) in [4.78, 5) is 11.4. The summed E-state index contributed by atoms with van der Waals surface area (Å²) in [5, 5.41) is 13.2. The molecule has 1 aliphatic heterocycles. The first-order valence-corrected chi connectivity index (χ1v) is 5.84. The predicted molar refractivity (Wildman–Crippen MR) is 59.9 cm³/mol. The lowest BCUT2D eigenvalue weighted by Gasteiger charge is -2.26. The van der Waals surface area contributed by atoms with E-state index in [0.29, 0.717) is 19.0 Å². The lowest BCUT2D eigenvalue weighted by molar-refractivity contribution is -0.141. The third-order valence-electron chi connectivity index (χ3n) is 3.48. The molecule has 1 unspecified atom stereocenters. The average Bonchev–Trinajstić information content (AvgIpc) is 2.63. The van der Waals surface area contributed by atoms with Crippen LogP contribution in [0.3, 0.4) is 0 Å². The smallest absolute Gasteiger partial charge is 0.314 e. The minimum absolute atomic E-state index is 0.0762. The fraction of sp³-hybridized carbons (Fsp3) is 0.667. The summed E-state index contributed by atoms with van der Waals surface area (Å²) < 4.78 is 10.5. The molecule has 17 heavy (non-hydrogen) atoms. The number of carbonyl (C=O) groups is 1. The molecule has 0 aliphatic carbocycles. The van der Waals surface area contributed by atoms with Crippen LogP contribution in [-0.2, 0) is 9.53 Å². The SMILES string of the molecule is Cc1noc(C(C(=O)O)C2CCOCC2)c1C. The average molecular weight is 239 g/mol. The van der Waals surface area contributed by atoms with E-state index in [9.17, 15) is 9.90 Å². The van der Waals surface area contributed by atoms with Gasteiger partial charge in [-0.15, -0.1) is 0 Å². The highest BCUT2D eigenvalue weighted by atomic mass is 16.5. The normalized spacial score (nSPS) is 19.2. The summed E-state index contributed by atoms with van der Waals surface area (Å²) in [5.41, 5.74) is 1.61. The van der Waals surface area contributed by atoms with Crippen LogP contribution in [0.25, 0.3) is 0 Å². The van der Waals surface area contributed by atoms with Crippen molar-refractivity contribution >= 4 is 5.97 Å². The van der Waals surface area contributed by atoms with Gasteiger partial charge in [0.2, 0.25) is 0 Å². The standard InChI is InChI=1S/C12H17NO4/c1-7-8(2)13-17-11(7)10(12(14)15)9-3-5-16-6-4-9/h9-10H,3-6H2,1-2H3,(H,14,15). The second-order valence-electron chi connectivity index (χ2n) is 4.52. The maximum absolute atomic E-state index is 11.4. The fourth-order valence-electron chi connectivity index (χ4n) is 2.30. The molecule has 0 saturated carbocycles. The van der Waals surface area contributed by atoms with Gasteiger partial charge in [-0.1, -0.05) is 5.16 Å². The second-order valence-corrected chi connectivity index (χ2v) is 4.52. The van der Waals surface area contributed by atoms with Crippen LogP contribution in [0.5, 0.6) is 0 Å². The summed E-state index contributed by atoms with van der Waals surface area (Å²) in [5.74, 6) is -0.856. The number of hydrogen-bond acceptors (Lipinski definition) is 4. The summed E-state index contributed by atoms with van der Waals surface area (Å²) >= 11 is 0. The van der Waals surface area contributed by atoms with Crippen molar-refractivity contribution in [2.75, 3.05) is 13.2 Å². The molecule has 0 bridgehead atoms. The number of aryl methyl sites for hydroxylation is 1. The van der Waals surface area contributed by atoms with E-state index in [1.165, 1.54) is 0 Å². The lowest BCUT2D eigenvalue weighted by Crippen LogP contribution is -2.27. The van der Waals surface area contributed by atoms with Gasteiger partial charge in [0.05, 0.1) is 5.69 Å². The van der Waals surface area contributed by atoms with Crippen LogP contribution in [0.4, 0.5) is 0 Å². The molecule has 1 fully saturated rings. The van der Waals surface area contributed by atoms with Crippen LogP contribution in [0, 0.1) is 19.8 Å². The van der Waals surface area contributed by atoms with Gasteiger partial charge in [-0.05, 0) is 32.6 Å². The Hall–Kier alpha value is -1.36. The van der Waals surface area contributed by atoms with Crippen LogP contribution >= 0.6 is 0 Å². The highest BCUT2D eigenvalue weighted by molar-refractivity contribution is 5.76. The number of nitrogens with zero attached hydrogens (tertiary/aromatic N) is 1. The van der Waals surface area contributed by atoms with Gasteiger partial charge in [-0.25, -0.2) is 0 Å². The quantitative estimate of drug-likeness (QED) is 0.871. The number of rotatable bonds is 3. The Morgan fingerprint density at radius 1 is 1.41 bits per heavy atom. The second kappa shape index (κ2) is 4.87. The Morgan fingerprint density at radius 2 is 2.06 bits per heavy atom. The summed E-state index contributed by atoms with van der Waals surface area (Å²) in [6.07, 6.45) is 1.52. The first-order chi connectivity index (χ1) is 8.11. The van der Waals surface area contributed by atoms with Gasteiger partial charge in [0.15, 0.2) is 5.76 Å². The van der Waals surface area contributed by atoms with Crippen LogP contribution in [0.2, 0.25) is 0 Å². The van der Waals surface area contributed by atoms with E-state index in [4.69, 9.17) is 9.26 Å². The molecular formula is C12H17NO4. The van der Waals surface area contributed by atoms with Crippen molar-refractivity contribution < 1.29 is 19.2 Å². The molecule has 94 valence electrons. The molecule has 1 aromatic rings. The molecule has 5 heteroatoms. The van der Waals surface area contributed by atoms with Crippen molar-refractivity contribution in [1.29, 1.82) is 0 Å². The molecule has 1 aromatic heterocycles. The number of ether oxygens (including phenoxy) is 1. The molecule has 2 rings (SSSR count). The highest BCUT2D eigenvalue weighted by Crippen LogP contribution is 2.34. The number of hydrogen-bond donors (Lipinski definition) is 1. The highest BCUT2D eigenvalue weighted by Gasteiger charge is 2.35. The first kappa shape index (κ1) is 12.1. The monoisotopic (exact) mass is 239 g/mol. The van der Waals surface area contributed by atoms with Crippen LogP contribution in [-0.4, -0.2) is 29.4 Å². The Morgan fingerprint density at radius 3 is 2.53 bits per heavy atom. The molecule has 5 nitrogen and oxygen atoms in total. The van der Waals surface area contributed by atoms with Crippen molar-refractivity contribution in [3.8, 4) is 0 Å². The minimum Gasteiger partial charge on any atom is -0.481 e. The zero-order chi connectivity index (χ0) is 12.4. The largest absolute Gasteiger partial charge is 0.481 e. The minimum atomic E-state index is -0.837. The van der Waals surface area contributed by atoms with Crippen molar-refractivity contribution in [3.63, 3.8) is 0 Å². The summed E-state index contributed by atoms with van der Waals surface area (Å²) in [6, 6.07) is 0. The molecule has 0 aromatic carbocycles. The van der Waals surface area contributed by atoms with Crippen LogP contribution in [0.1, 0.15) is 35.8 Å². The molecule has 1 N–H and O–H groups in total. The van der Waals surface area contributed by atoms with E-state index in [1.807, 2.05) is 13.8 Å². The first-order valence-electron chi connectivity index (χ1n) is 5.84. The Bertz CT molecular complexity index is 407. The number of carboxylic acid groups (broad SMARTS) is 1. The van der Waals surface area contributed by atoms with E-state index >= 15 is 0 Å². The number of carboxylic acids is 1. The van der Waals surface area contributed by atoms with E-state index < -0.39 is 11.9 Å². The predicted octanol–water partition coefficient (Wildman–Crippen LogP) is 1.89. The topological polar surface area (TPSA) is 72.6 Å². The van der Waals surface area contributed by atoms with Gasteiger partial charge < -0.3 is 14.4 Å². The van der Waals surface area contributed by atoms with E-state index in [1.54, 1.807) is 0 Å². The van der Waals surface area contributed by atoms with Gasteiger partial charge in [-0.2, -0.15) is 0 Å². The maximum atomic E-state index is 11.4. The Labute approximate surface area is 99.7 Å². The van der Waals surface area contributed by atoms with Gasteiger partial charge in [0.1, 0.15) is 5.92 Å². The molecule has 1 saturated heterocycles. The van der Waals surface area contributed by atoms with E-state index in [-0.39, 0.29) is 5.92 Å². The molecule has 2 heterocycles. The summed E-state index contributed by atoms with van der Waals surface area (Å²) in [7, 11) is 0. The number of aliphatic carboxylic acids is 1. The zero-order valence-electron chi connectivity index (χ0n) is 10.1. The third-order valence-corrected chi connectivity index (χ3v) is 3.48. The Kier molecular flexibility index (Phi) is 3.47. The molecule has 1 atom stereocenters. The summed E-state index contributed by atoms with van der Waals surface area (Å²) in [6.45, 7) is 4.93. The van der Waals surface area contributed by atoms with Crippen molar-refractivity contribution in [1.82, 2.24) is 5.16 Å². The fourth-order valence-corrected chi connectivity index (χ4v) is 2.30. The van der Waals surface area contributed by atoms with Gasteiger partial charge in [0.25, 0.3) is 0 Å². The molecule has 0 spiro atoms. The molecular weight excluding hydrogens is 222 g/mol. The van der Waals surface area contributed by atoms with Crippen molar-refractivity contribution in [3.05, 3.63) is 17.0 Å². The van der Waals surface area contributed by atoms with E-state index in [2.05, 4.69) is 5.16 Å². The van der Waals surface area contributed by atoms with Crippen LogP contribution in [0.15, 0.2) is 4.52 Å². The Balaban J connectivity index is 2.28. The molecule has 0 radical (unpaired) electrons. The van der Waals surface area contributed by atoms with Gasteiger partial charge >= 0.3 is 5.97 Å². The molecule has 0 amide bonds. The van der Waals surface area contributed by atoms with Crippen molar-refractivity contribution in [2.24, 2.45) is 5.92 Å². The van der Waals surface area contributed by atoms with Gasteiger partial charge in [-0.3, -0.25) is 4.79 Å². The lowest BCUT2D eigenvalue weighted by atomic mass is 9.83. The van der Waals surface area contributed by atoms with E-state index in [0.717, 1.165) is 24.1 Å². The zero-order valence-corrected chi connectivity index (χ0v) is 10.1.